The normalized spacial score (nSPS) is 12.2. The van der Waals surface area contributed by atoms with Gasteiger partial charge in [0.15, 0.2) is 0 Å². The maximum absolute atomic E-state index is 13.1. The number of ether oxygens (including phenoxy) is 1. The molecule has 8 heteroatoms. The van der Waals surface area contributed by atoms with Crippen LogP contribution in [0.1, 0.15) is 19.4 Å². The smallest absolute Gasteiger partial charge is 0.419 e. The van der Waals surface area contributed by atoms with Crippen LogP contribution in [0.5, 0.6) is 5.75 Å². The van der Waals surface area contributed by atoms with Gasteiger partial charge in [-0.05, 0) is 32.0 Å². The van der Waals surface area contributed by atoms with Gasteiger partial charge in [0.1, 0.15) is 18.2 Å². The maximum atomic E-state index is 13.1. The van der Waals surface area contributed by atoms with Crippen molar-refractivity contribution < 1.29 is 27.1 Å². The Balaban J connectivity index is 2.88. The van der Waals surface area contributed by atoms with Crippen LogP contribution in [0.25, 0.3) is 0 Å². The summed E-state index contributed by atoms with van der Waals surface area (Å²) in [6, 6.07) is 2.26. The molecule has 1 aromatic carbocycles. The fraction of sp³-hybridized carbons (Fsp3) is 0.417. The van der Waals surface area contributed by atoms with Gasteiger partial charge in [-0.25, -0.2) is 10.2 Å². The van der Waals surface area contributed by atoms with E-state index >= 15 is 0 Å². The monoisotopic (exact) mass is 294 g/mol. The van der Waals surface area contributed by atoms with Crippen LogP contribution >= 0.6 is 0 Å². The maximum Gasteiger partial charge on any atom is 0.419 e. The van der Waals surface area contributed by atoms with Crippen LogP contribution in [0.15, 0.2) is 18.2 Å². The average Bonchev–Trinajstić information content (AvgIpc) is 2.35. The molecule has 112 valence electrons. The minimum absolute atomic E-state index is 0.184. The van der Waals surface area contributed by atoms with E-state index in [0.717, 1.165) is 6.07 Å². The van der Waals surface area contributed by atoms with Gasteiger partial charge in [0.25, 0.3) is 0 Å². The Bertz CT molecular complexity index is 501. The molecule has 0 aliphatic carbocycles. The Morgan fingerprint density at radius 2 is 1.95 bits per heavy atom. The summed E-state index contributed by atoms with van der Waals surface area (Å²) < 4.78 is 55.7. The standard InChI is InChI=1S/C12H14F4N2O2/c1-11(2,10(19)18-17)6-20-7-3-4-9(13)8(5-7)12(14,15)16/h3-5H,6,17H2,1-2H3,(H,18,19). The number of hydrogen-bond acceptors (Lipinski definition) is 3. The van der Waals surface area contributed by atoms with E-state index in [1.807, 2.05) is 5.43 Å². The van der Waals surface area contributed by atoms with Crippen LogP contribution in [-0.2, 0) is 11.0 Å². The lowest BCUT2D eigenvalue weighted by molar-refractivity contribution is -0.140. The Hall–Kier alpha value is -1.83. The molecular formula is C12H14F4N2O2. The van der Waals surface area contributed by atoms with E-state index < -0.39 is 28.9 Å². The summed E-state index contributed by atoms with van der Waals surface area (Å²) in [6.45, 7) is 2.80. The van der Waals surface area contributed by atoms with Crippen LogP contribution in [0.3, 0.4) is 0 Å². The summed E-state index contributed by atoms with van der Waals surface area (Å²) in [6.07, 6.45) is -4.81. The van der Waals surface area contributed by atoms with E-state index in [0.29, 0.717) is 12.1 Å². The lowest BCUT2D eigenvalue weighted by Gasteiger charge is -2.22. The molecule has 0 spiro atoms. The molecule has 0 radical (unpaired) electrons. The van der Waals surface area contributed by atoms with Crippen LogP contribution in [0, 0.1) is 11.2 Å². The Kier molecular flexibility index (Phi) is 4.59. The number of halogens is 4. The zero-order valence-corrected chi connectivity index (χ0v) is 10.8. The van der Waals surface area contributed by atoms with Gasteiger partial charge >= 0.3 is 6.18 Å². The van der Waals surface area contributed by atoms with Crippen molar-refractivity contribution in [1.29, 1.82) is 0 Å². The van der Waals surface area contributed by atoms with Crippen molar-refractivity contribution in [3.8, 4) is 5.75 Å². The number of nitrogens with one attached hydrogen (secondary N) is 1. The summed E-state index contributed by atoms with van der Waals surface area (Å²) >= 11 is 0. The van der Waals surface area contributed by atoms with Crippen molar-refractivity contribution in [3.05, 3.63) is 29.6 Å². The molecule has 4 nitrogen and oxygen atoms in total. The molecule has 0 unspecified atom stereocenters. The second kappa shape index (κ2) is 5.66. The first-order valence-corrected chi connectivity index (χ1v) is 5.58. The van der Waals surface area contributed by atoms with E-state index in [2.05, 4.69) is 0 Å². The minimum atomic E-state index is -4.81. The first-order chi connectivity index (χ1) is 9.08. The molecule has 0 heterocycles. The fourth-order valence-electron chi connectivity index (χ4n) is 1.34. The third-order valence-electron chi connectivity index (χ3n) is 2.59. The third kappa shape index (κ3) is 3.83. The largest absolute Gasteiger partial charge is 0.492 e. The molecule has 0 saturated heterocycles. The second-order valence-electron chi connectivity index (χ2n) is 4.79. The topological polar surface area (TPSA) is 64.3 Å². The molecule has 0 bridgehead atoms. The quantitative estimate of drug-likeness (QED) is 0.387. The van der Waals surface area contributed by atoms with Gasteiger partial charge < -0.3 is 4.74 Å². The summed E-state index contributed by atoms with van der Waals surface area (Å²) in [5, 5.41) is 0. The highest BCUT2D eigenvalue weighted by Crippen LogP contribution is 2.33. The van der Waals surface area contributed by atoms with Gasteiger partial charge in [-0.15, -0.1) is 0 Å². The molecule has 20 heavy (non-hydrogen) atoms. The van der Waals surface area contributed by atoms with Crippen LogP contribution in [0.2, 0.25) is 0 Å². The van der Waals surface area contributed by atoms with Crippen LogP contribution in [0.4, 0.5) is 17.6 Å². The number of carbonyl (C=O) groups is 1. The third-order valence-corrected chi connectivity index (χ3v) is 2.59. The van der Waals surface area contributed by atoms with E-state index in [4.69, 9.17) is 10.6 Å². The number of hydrogen-bond donors (Lipinski definition) is 2. The van der Waals surface area contributed by atoms with Gasteiger partial charge in [-0.3, -0.25) is 10.2 Å². The molecule has 0 aromatic heterocycles. The predicted molar refractivity (Wildman–Crippen MR) is 63.0 cm³/mol. The average molecular weight is 294 g/mol. The van der Waals surface area contributed by atoms with Crippen molar-refractivity contribution in [2.45, 2.75) is 20.0 Å². The van der Waals surface area contributed by atoms with Crippen molar-refractivity contribution >= 4 is 5.91 Å². The fourth-order valence-corrected chi connectivity index (χ4v) is 1.34. The van der Waals surface area contributed by atoms with Gasteiger partial charge in [0.2, 0.25) is 5.91 Å². The molecule has 0 saturated carbocycles. The number of alkyl halides is 3. The Labute approximate surface area is 112 Å². The number of benzene rings is 1. The number of nitrogens with two attached hydrogens (primary N) is 1. The molecule has 1 amide bonds. The predicted octanol–water partition coefficient (Wildman–Crippen LogP) is 2.24. The summed E-state index contributed by atoms with van der Waals surface area (Å²) in [5.74, 6) is 2.87. The first-order valence-electron chi connectivity index (χ1n) is 5.58. The van der Waals surface area contributed by atoms with Gasteiger partial charge in [-0.2, -0.15) is 13.2 Å². The van der Waals surface area contributed by atoms with Gasteiger partial charge in [-0.1, -0.05) is 0 Å². The highest BCUT2D eigenvalue weighted by molar-refractivity contribution is 5.81. The molecule has 3 N–H and O–H groups in total. The molecule has 0 aliphatic rings. The van der Waals surface area contributed by atoms with Gasteiger partial charge in [0, 0.05) is 0 Å². The highest BCUT2D eigenvalue weighted by atomic mass is 19.4. The summed E-state index contributed by atoms with van der Waals surface area (Å²) in [5.41, 5.74) is -0.533. The van der Waals surface area contributed by atoms with Gasteiger partial charge in [0.05, 0.1) is 11.0 Å². The lowest BCUT2D eigenvalue weighted by Crippen LogP contribution is -2.44. The van der Waals surface area contributed by atoms with E-state index in [9.17, 15) is 22.4 Å². The van der Waals surface area contributed by atoms with Crippen molar-refractivity contribution in [3.63, 3.8) is 0 Å². The molecule has 1 rings (SSSR count). The summed E-state index contributed by atoms with van der Waals surface area (Å²) in [4.78, 5) is 11.4. The number of amides is 1. The molecular weight excluding hydrogens is 280 g/mol. The number of rotatable bonds is 4. The van der Waals surface area contributed by atoms with Crippen molar-refractivity contribution in [2.24, 2.45) is 11.3 Å². The van der Waals surface area contributed by atoms with Crippen molar-refractivity contribution in [1.82, 2.24) is 5.43 Å². The Morgan fingerprint density at radius 1 is 1.35 bits per heavy atom. The molecule has 1 aromatic rings. The SMILES string of the molecule is CC(C)(COc1ccc(F)c(C(F)(F)F)c1)C(=O)NN. The zero-order chi connectivity index (χ0) is 15.6. The summed E-state index contributed by atoms with van der Waals surface area (Å²) in [7, 11) is 0. The Morgan fingerprint density at radius 3 is 2.45 bits per heavy atom. The molecule has 0 aliphatic heterocycles. The minimum Gasteiger partial charge on any atom is -0.492 e. The van der Waals surface area contributed by atoms with E-state index in [1.54, 1.807) is 0 Å². The number of carbonyl (C=O) groups excluding carboxylic acids is 1. The second-order valence-corrected chi connectivity index (χ2v) is 4.79. The zero-order valence-electron chi connectivity index (χ0n) is 10.8. The first kappa shape index (κ1) is 16.2. The van der Waals surface area contributed by atoms with Crippen LogP contribution < -0.4 is 16.0 Å². The van der Waals surface area contributed by atoms with Crippen molar-refractivity contribution in [2.75, 3.05) is 6.61 Å². The number of hydrazine groups is 1. The van der Waals surface area contributed by atoms with Crippen LogP contribution in [-0.4, -0.2) is 12.5 Å². The van der Waals surface area contributed by atoms with E-state index in [1.165, 1.54) is 13.8 Å². The van der Waals surface area contributed by atoms with E-state index in [-0.39, 0.29) is 12.4 Å². The highest BCUT2D eigenvalue weighted by Gasteiger charge is 2.35. The molecule has 0 atom stereocenters. The lowest BCUT2D eigenvalue weighted by atomic mass is 9.94. The molecule has 0 fully saturated rings.